The molecule has 2 unspecified atom stereocenters. The topological polar surface area (TPSA) is 114 Å². The van der Waals surface area contributed by atoms with Crippen LogP contribution in [-0.2, 0) is 16.0 Å². The molecule has 0 saturated carbocycles. The SMILES string of the molecule is CC(C)C=C(C#N)C(=O)N1CCCC1CCC(=O)NC(Cc1ccccc1)B(O)O. The summed E-state index contributed by atoms with van der Waals surface area (Å²) in [5, 5.41) is 31.2. The molecule has 1 aliphatic rings. The fourth-order valence-electron chi connectivity index (χ4n) is 3.72. The van der Waals surface area contributed by atoms with E-state index in [0.29, 0.717) is 19.4 Å². The highest BCUT2D eigenvalue weighted by atomic mass is 16.4. The third-order valence-corrected chi connectivity index (χ3v) is 5.20. The van der Waals surface area contributed by atoms with Gasteiger partial charge in [-0.05, 0) is 37.2 Å². The summed E-state index contributed by atoms with van der Waals surface area (Å²) in [5.74, 6) is -1.27. The summed E-state index contributed by atoms with van der Waals surface area (Å²) >= 11 is 0. The number of nitrogens with one attached hydrogen (secondary N) is 1. The summed E-state index contributed by atoms with van der Waals surface area (Å²) in [6, 6.07) is 11.2. The first-order chi connectivity index (χ1) is 14.3. The zero-order valence-electron chi connectivity index (χ0n) is 17.6. The van der Waals surface area contributed by atoms with Gasteiger partial charge in [-0.15, -0.1) is 0 Å². The third-order valence-electron chi connectivity index (χ3n) is 5.20. The molecule has 160 valence electrons. The van der Waals surface area contributed by atoms with Crippen LogP contribution in [0.4, 0.5) is 0 Å². The molecular weight excluding hydrogens is 381 g/mol. The van der Waals surface area contributed by atoms with Crippen molar-refractivity contribution < 1.29 is 19.6 Å². The Morgan fingerprint density at radius 3 is 2.63 bits per heavy atom. The molecule has 8 heteroatoms. The predicted octanol–water partition coefficient (Wildman–Crippen LogP) is 1.60. The number of carbonyl (C=O) groups excluding carboxylic acids is 2. The standard InChI is InChI=1S/C22H30BN3O4/c1-16(2)13-18(15-24)22(28)26-12-6-9-19(26)10-11-21(27)25-20(23(29)30)14-17-7-4-3-5-8-17/h3-5,7-8,13,16,19-20,29-30H,6,9-12,14H2,1-2H3,(H,25,27). The van der Waals surface area contributed by atoms with Crippen LogP contribution in [0.2, 0.25) is 0 Å². The Morgan fingerprint density at radius 2 is 2.03 bits per heavy atom. The van der Waals surface area contributed by atoms with Gasteiger partial charge in [0.25, 0.3) is 5.91 Å². The van der Waals surface area contributed by atoms with Crippen LogP contribution in [0.25, 0.3) is 0 Å². The first-order valence-electron chi connectivity index (χ1n) is 10.4. The van der Waals surface area contributed by atoms with E-state index in [0.717, 1.165) is 18.4 Å². The van der Waals surface area contributed by atoms with Gasteiger partial charge in [-0.1, -0.05) is 50.3 Å². The van der Waals surface area contributed by atoms with E-state index in [9.17, 15) is 24.9 Å². The number of allylic oxidation sites excluding steroid dienone is 1. The molecule has 2 amide bonds. The lowest BCUT2D eigenvalue weighted by atomic mass is 9.76. The molecule has 2 rings (SSSR count). The highest BCUT2D eigenvalue weighted by molar-refractivity contribution is 6.43. The number of nitrogens with zero attached hydrogens (tertiary/aromatic N) is 2. The molecule has 0 aliphatic carbocycles. The van der Waals surface area contributed by atoms with Crippen molar-refractivity contribution in [1.29, 1.82) is 5.26 Å². The monoisotopic (exact) mass is 411 g/mol. The van der Waals surface area contributed by atoms with Gasteiger partial charge in [-0.25, -0.2) is 0 Å². The molecule has 2 atom stereocenters. The zero-order chi connectivity index (χ0) is 22.1. The van der Waals surface area contributed by atoms with Gasteiger partial charge in [-0.2, -0.15) is 5.26 Å². The molecule has 3 N–H and O–H groups in total. The van der Waals surface area contributed by atoms with Crippen molar-refractivity contribution in [3.8, 4) is 6.07 Å². The maximum absolute atomic E-state index is 12.7. The van der Waals surface area contributed by atoms with Gasteiger partial charge in [0, 0.05) is 19.0 Å². The summed E-state index contributed by atoms with van der Waals surface area (Å²) in [5.41, 5.74) is 1.04. The summed E-state index contributed by atoms with van der Waals surface area (Å²) in [6.07, 6.45) is 4.24. The quantitative estimate of drug-likeness (QED) is 0.325. The van der Waals surface area contributed by atoms with E-state index in [1.54, 1.807) is 11.0 Å². The molecule has 1 aliphatic heterocycles. The minimum Gasteiger partial charge on any atom is -0.426 e. The molecule has 1 fully saturated rings. The molecular formula is C22H30BN3O4. The first-order valence-corrected chi connectivity index (χ1v) is 10.4. The van der Waals surface area contributed by atoms with E-state index < -0.39 is 13.1 Å². The van der Waals surface area contributed by atoms with Crippen LogP contribution in [0.15, 0.2) is 42.0 Å². The number of likely N-dealkylation sites (tertiary alicyclic amines) is 1. The molecule has 0 aromatic heterocycles. The van der Waals surface area contributed by atoms with Crippen LogP contribution in [0, 0.1) is 17.2 Å². The smallest absolute Gasteiger partial charge is 0.426 e. The average Bonchev–Trinajstić information content (AvgIpc) is 3.18. The highest BCUT2D eigenvalue weighted by Gasteiger charge is 2.31. The molecule has 7 nitrogen and oxygen atoms in total. The average molecular weight is 411 g/mol. The first kappa shape index (κ1) is 23.7. The van der Waals surface area contributed by atoms with E-state index in [1.165, 1.54) is 0 Å². The van der Waals surface area contributed by atoms with Crippen molar-refractivity contribution in [3.63, 3.8) is 0 Å². The van der Waals surface area contributed by atoms with Crippen molar-refractivity contribution in [1.82, 2.24) is 10.2 Å². The maximum atomic E-state index is 12.7. The van der Waals surface area contributed by atoms with Gasteiger partial charge in [0.2, 0.25) is 5.91 Å². The van der Waals surface area contributed by atoms with E-state index in [-0.39, 0.29) is 35.8 Å². The van der Waals surface area contributed by atoms with Crippen LogP contribution in [0.3, 0.4) is 0 Å². The number of carbonyl (C=O) groups is 2. The van der Waals surface area contributed by atoms with Gasteiger partial charge in [0.15, 0.2) is 0 Å². The Bertz CT molecular complexity index is 789. The van der Waals surface area contributed by atoms with Gasteiger partial charge in [0.1, 0.15) is 11.6 Å². The minimum absolute atomic E-state index is 0.0983. The van der Waals surface area contributed by atoms with Crippen molar-refractivity contribution in [2.75, 3.05) is 6.54 Å². The maximum Gasteiger partial charge on any atom is 0.475 e. The van der Waals surface area contributed by atoms with Crippen LogP contribution in [0.1, 0.15) is 45.1 Å². The summed E-state index contributed by atoms with van der Waals surface area (Å²) < 4.78 is 0. The van der Waals surface area contributed by atoms with Crippen LogP contribution in [-0.4, -0.2) is 52.4 Å². The molecule has 0 radical (unpaired) electrons. The highest BCUT2D eigenvalue weighted by Crippen LogP contribution is 2.23. The van der Waals surface area contributed by atoms with Crippen molar-refractivity contribution in [3.05, 3.63) is 47.5 Å². The molecule has 1 aromatic carbocycles. The molecule has 0 spiro atoms. The van der Waals surface area contributed by atoms with Gasteiger partial charge >= 0.3 is 7.12 Å². The lowest BCUT2D eigenvalue weighted by Gasteiger charge is -2.25. The Labute approximate surface area is 178 Å². The largest absolute Gasteiger partial charge is 0.475 e. The van der Waals surface area contributed by atoms with Crippen LogP contribution < -0.4 is 5.32 Å². The van der Waals surface area contributed by atoms with Crippen LogP contribution in [0.5, 0.6) is 0 Å². The number of nitriles is 1. The Kier molecular flexibility index (Phi) is 9.09. The van der Waals surface area contributed by atoms with E-state index in [1.807, 2.05) is 50.2 Å². The fourth-order valence-corrected chi connectivity index (χ4v) is 3.72. The second kappa shape index (κ2) is 11.5. The fraction of sp³-hybridized carbons (Fsp3) is 0.500. The molecule has 30 heavy (non-hydrogen) atoms. The number of hydrogen-bond donors (Lipinski definition) is 3. The van der Waals surface area contributed by atoms with Crippen LogP contribution >= 0.6 is 0 Å². The molecule has 1 saturated heterocycles. The van der Waals surface area contributed by atoms with E-state index in [4.69, 9.17) is 0 Å². The summed E-state index contributed by atoms with van der Waals surface area (Å²) in [7, 11) is -1.67. The second-order valence-corrected chi connectivity index (χ2v) is 8.05. The zero-order valence-corrected chi connectivity index (χ0v) is 17.6. The lowest BCUT2D eigenvalue weighted by Crippen LogP contribution is -2.48. The van der Waals surface area contributed by atoms with Crippen molar-refractivity contribution in [2.24, 2.45) is 5.92 Å². The van der Waals surface area contributed by atoms with Gasteiger partial charge in [0.05, 0.1) is 5.94 Å². The molecule has 0 bridgehead atoms. The van der Waals surface area contributed by atoms with Crippen molar-refractivity contribution >= 4 is 18.9 Å². The minimum atomic E-state index is -1.67. The second-order valence-electron chi connectivity index (χ2n) is 8.05. The van der Waals surface area contributed by atoms with Gasteiger partial charge < -0.3 is 20.3 Å². The third kappa shape index (κ3) is 7.01. The van der Waals surface area contributed by atoms with Gasteiger partial charge in [-0.3, -0.25) is 9.59 Å². The molecule has 1 aromatic rings. The number of hydrogen-bond acceptors (Lipinski definition) is 5. The normalized spacial score (nSPS) is 17.5. The van der Waals surface area contributed by atoms with E-state index >= 15 is 0 Å². The molecule has 1 heterocycles. The number of amides is 2. The Morgan fingerprint density at radius 1 is 1.33 bits per heavy atom. The number of benzene rings is 1. The Balaban J connectivity index is 1.92. The number of rotatable bonds is 9. The van der Waals surface area contributed by atoms with Crippen molar-refractivity contribution in [2.45, 2.75) is 57.9 Å². The summed E-state index contributed by atoms with van der Waals surface area (Å²) in [4.78, 5) is 26.8. The Hall–Kier alpha value is -2.63. The predicted molar refractivity (Wildman–Crippen MR) is 115 cm³/mol. The summed E-state index contributed by atoms with van der Waals surface area (Å²) in [6.45, 7) is 4.41. The lowest BCUT2D eigenvalue weighted by molar-refractivity contribution is -0.128. The van der Waals surface area contributed by atoms with E-state index in [2.05, 4.69) is 5.32 Å².